The molecule has 10 nitrogen and oxygen atoms in total. The minimum Gasteiger partial charge on any atom is -0.394 e. The van der Waals surface area contributed by atoms with Crippen LogP contribution in [0.5, 0.6) is 0 Å². The normalized spacial score (nSPS) is 54.0. The van der Waals surface area contributed by atoms with E-state index in [0.717, 1.165) is 45.1 Å². The number of fused-ring (bicyclic) bond motifs is 7. The highest BCUT2D eigenvalue weighted by Crippen LogP contribution is 2.70. The fourth-order valence-electron chi connectivity index (χ4n) is 11.5. The van der Waals surface area contributed by atoms with Crippen molar-refractivity contribution in [3.63, 3.8) is 0 Å². The van der Waals surface area contributed by atoms with Gasteiger partial charge in [0.25, 0.3) is 0 Å². The smallest absolute Gasteiger partial charge is 0.246 e. The molecule has 4 aliphatic carbocycles. The SMILES string of the molecule is C[C@@H]1CC[C@@]2(OC1)O[C@H]1C[C@H]3[C@@H]4CC=C5C[C@@H](O[C@@H]6O[C@H](CO)[C@@H](O)[C@H](O)[C@H]6NC(=O)CO)CC[C@]5(C)[C@H]4CC[C@]3(C)[C@H]1[C@@H]2C. The van der Waals surface area contributed by atoms with Crippen molar-refractivity contribution < 1.29 is 44.2 Å². The highest BCUT2D eigenvalue weighted by atomic mass is 16.7. The molecule has 6 fully saturated rings. The lowest BCUT2D eigenvalue weighted by atomic mass is 9.47. The minimum atomic E-state index is -1.41. The molecule has 0 aromatic rings. The van der Waals surface area contributed by atoms with E-state index in [2.05, 4.69) is 39.1 Å². The maximum atomic E-state index is 12.0. The van der Waals surface area contributed by atoms with Crippen LogP contribution in [0, 0.1) is 46.3 Å². The second-order valence-electron chi connectivity index (χ2n) is 16.2. The maximum Gasteiger partial charge on any atom is 0.246 e. The van der Waals surface area contributed by atoms with Gasteiger partial charge in [0, 0.05) is 12.3 Å². The van der Waals surface area contributed by atoms with Gasteiger partial charge in [0.2, 0.25) is 5.91 Å². The second kappa shape index (κ2) is 11.8. The van der Waals surface area contributed by atoms with Crippen molar-refractivity contribution in [2.24, 2.45) is 46.3 Å². The summed E-state index contributed by atoms with van der Waals surface area (Å²) >= 11 is 0. The van der Waals surface area contributed by atoms with Gasteiger partial charge in [-0.15, -0.1) is 0 Å². The Labute approximate surface area is 267 Å². The molecular weight excluding hydrogens is 578 g/mol. The van der Waals surface area contributed by atoms with E-state index >= 15 is 0 Å². The van der Waals surface area contributed by atoms with Gasteiger partial charge in [0.05, 0.1) is 25.4 Å². The van der Waals surface area contributed by atoms with E-state index in [1.54, 1.807) is 0 Å². The van der Waals surface area contributed by atoms with E-state index in [9.17, 15) is 25.2 Å². The van der Waals surface area contributed by atoms with Crippen LogP contribution in [0.15, 0.2) is 11.6 Å². The van der Waals surface area contributed by atoms with Crippen LogP contribution in [-0.4, -0.2) is 94.8 Å². The molecule has 3 saturated carbocycles. The molecular formula is C35H55NO9. The van der Waals surface area contributed by atoms with Crippen molar-refractivity contribution in [1.29, 1.82) is 0 Å². The highest BCUT2D eigenvalue weighted by molar-refractivity contribution is 5.77. The first-order valence-electron chi connectivity index (χ1n) is 17.6. The molecule has 3 heterocycles. The minimum absolute atomic E-state index is 0.0966. The Morgan fingerprint density at radius 2 is 1.87 bits per heavy atom. The molecule has 1 amide bonds. The number of hydrogen-bond donors (Lipinski definition) is 5. The van der Waals surface area contributed by atoms with Crippen molar-refractivity contribution in [1.82, 2.24) is 5.32 Å². The number of aliphatic hydroxyl groups excluding tert-OH is 4. The zero-order chi connectivity index (χ0) is 31.9. The molecule has 0 aromatic heterocycles. The summed E-state index contributed by atoms with van der Waals surface area (Å²) in [6.07, 6.45) is 7.09. The maximum absolute atomic E-state index is 12.0. The first-order valence-corrected chi connectivity index (χ1v) is 17.6. The fraction of sp³-hybridized carbons (Fsp3) is 0.914. The number of nitrogens with one attached hydrogen (secondary N) is 1. The number of carbonyl (C=O) groups excluding carboxylic acids is 1. The van der Waals surface area contributed by atoms with Gasteiger partial charge in [-0.25, -0.2) is 0 Å². The molecule has 254 valence electrons. The first kappa shape index (κ1) is 32.4. The monoisotopic (exact) mass is 633 g/mol. The summed E-state index contributed by atoms with van der Waals surface area (Å²) in [7, 11) is 0. The largest absolute Gasteiger partial charge is 0.394 e. The molecule has 45 heavy (non-hydrogen) atoms. The molecule has 5 N–H and O–H groups in total. The summed E-state index contributed by atoms with van der Waals surface area (Å²) in [4.78, 5) is 12.0. The summed E-state index contributed by atoms with van der Waals surface area (Å²) in [6, 6.07) is -1.07. The third kappa shape index (κ3) is 5.07. The molecule has 7 rings (SSSR count). The molecule has 3 aliphatic heterocycles. The van der Waals surface area contributed by atoms with Gasteiger partial charge in [0.1, 0.15) is 31.0 Å². The number of amides is 1. The van der Waals surface area contributed by atoms with Crippen LogP contribution >= 0.6 is 0 Å². The Bertz CT molecular complexity index is 1160. The quantitative estimate of drug-likeness (QED) is 0.289. The molecule has 0 bridgehead atoms. The van der Waals surface area contributed by atoms with Crippen LogP contribution in [0.4, 0.5) is 0 Å². The number of aliphatic hydroxyl groups is 4. The molecule has 7 aliphatic rings. The lowest BCUT2D eigenvalue weighted by molar-refractivity contribution is -0.284. The van der Waals surface area contributed by atoms with Crippen molar-refractivity contribution in [2.75, 3.05) is 19.8 Å². The van der Waals surface area contributed by atoms with Crippen LogP contribution in [0.25, 0.3) is 0 Å². The standard InChI is InChI=1S/C35H55NO9/c1-18-7-12-35(42-17-18)19(2)28-25(45-35)14-24-22-6-5-20-13-21(8-10-33(20,3)23(22)9-11-34(24,28)4)43-32-29(36-27(39)16-38)31(41)30(40)26(15-37)44-32/h5,18-19,21-26,28-32,37-38,40-41H,6-17H2,1-4H3,(H,36,39)/t18-,19+,21+,22-,23+,24+,25+,26-,28+,29-,30-,31-,32-,33+,34+,35-/m1/s1. The molecule has 1 spiro atoms. The average molecular weight is 634 g/mol. The number of allylic oxidation sites excluding steroid dienone is 1. The third-order valence-electron chi connectivity index (χ3n) is 14.0. The van der Waals surface area contributed by atoms with Crippen LogP contribution < -0.4 is 5.32 Å². The van der Waals surface area contributed by atoms with Crippen LogP contribution in [-0.2, 0) is 23.7 Å². The van der Waals surface area contributed by atoms with E-state index in [4.69, 9.17) is 18.9 Å². The van der Waals surface area contributed by atoms with E-state index in [0.29, 0.717) is 35.5 Å². The molecule has 0 unspecified atom stereocenters. The van der Waals surface area contributed by atoms with Crippen LogP contribution in [0.2, 0.25) is 0 Å². The van der Waals surface area contributed by atoms with E-state index < -0.39 is 49.8 Å². The van der Waals surface area contributed by atoms with Gasteiger partial charge in [0.15, 0.2) is 12.1 Å². The highest BCUT2D eigenvalue weighted by Gasteiger charge is 2.68. The Kier molecular flexibility index (Phi) is 8.50. The van der Waals surface area contributed by atoms with Gasteiger partial charge in [-0.3, -0.25) is 4.79 Å². The Balaban J connectivity index is 1.05. The zero-order valence-corrected chi connectivity index (χ0v) is 27.4. The number of rotatable bonds is 5. The van der Waals surface area contributed by atoms with Crippen LogP contribution in [0.3, 0.4) is 0 Å². The summed E-state index contributed by atoms with van der Waals surface area (Å²) in [5.41, 5.74) is 1.80. The Hall–Kier alpha value is -1.11. The molecule has 0 aromatic carbocycles. The molecule has 16 atom stereocenters. The number of carbonyl (C=O) groups is 1. The van der Waals surface area contributed by atoms with Gasteiger partial charge < -0.3 is 44.7 Å². The Morgan fingerprint density at radius 3 is 2.58 bits per heavy atom. The van der Waals surface area contributed by atoms with Gasteiger partial charge in [-0.05, 0) is 91.8 Å². The van der Waals surface area contributed by atoms with E-state index in [1.807, 2.05) is 0 Å². The lowest BCUT2D eigenvalue weighted by Crippen LogP contribution is -2.65. The molecule has 10 heteroatoms. The molecule has 3 saturated heterocycles. The lowest BCUT2D eigenvalue weighted by Gasteiger charge is -2.58. The summed E-state index contributed by atoms with van der Waals surface area (Å²) < 4.78 is 25.7. The van der Waals surface area contributed by atoms with Crippen molar-refractivity contribution in [3.8, 4) is 0 Å². The Morgan fingerprint density at radius 1 is 1.07 bits per heavy atom. The van der Waals surface area contributed by atoms with Gasteiger partial charge in [-0.2, -0.15) is 0 Å². The predicted molar refractivity (Wildman–Crippen MR) is 163 cm³/mol. The fourth-order valence-corrected chi connectivity index (χ4v) is 11.5. The average Bonchev–Trinajstić information content (AvgIpc) is 3.47. The van der Waals surface area contributed by atoms with Gasteiger partial charge >= 0.3 is 0 Å². The van der Waals surface area contributed by atoms with Gasteiger partial charge in [-0.1, -0.05) is 39.3 Å². The second-order valence-corrected chi connectivity index (χ2v) is 16.2. The molecule has 0 radical (unpaired) electrons. The van der Waals surface area contributed by atoms with Crippen molar-refractivity contribution in [3.05, 3.63) is 11.6 Å². The van der Waals surface area contributed by atoms with E-state index in [-0.39, 0.29) is 28.8 Å². The van der Waals surface area contributed by atoms with E-state index in [1.165, 1.54) is 24.8 Å². The summed E-state index contributed by atoms with van der Waals surface area (Å²) in [5.74, 6) is 2.39. The predicted octanol–water partition coefficient (Wildman–Crippen LogP) is 2.65. The van der Waals surface area contributed by atoms with Crippen LogP contribution in [0.1, 0.15) is 85.5 Å². The number of hydrogen-bond acceptors (Lipinski definition) is 9. The topological polar surface area (TPSA) is 147 Å². The first-order chi connectivity index (χ1) is 21.4. The summed E-state index contributed by atoms with van der Waals surface area (Å²) in [6.45, 7) is 9.26. The third-order valence-corrected chi connectivity index (χ3v) is 14.0. The number of ether oxygens (including phenoxy) is 4. The van der Waals surface area contributed by atoms with Crippen molar-refractivity contribution >= 4 is 5.91 Å². The zero-order valence-electron chi connectivity index (χ0n) is 27.4. The summed E-state index contributed by atoms with van der Waals surface area (Å²) in [5, 5.41) is 42.7. The van der Waals surface area contributed by atoms with Crippen molar-refractivity contribution in [2.45, 2.75) is 134 Å².